The third kappa shape index (κ3) is 6.68. The maximum atomic E-state index is 11.6. The predicted molar refractivity (Wildman–Crippen MR) is 87.2 cm³/mol. The summed E-state index contributed by atoms with van der Waals surface area (Å²) < 4.78 is 28.9. The highest BCUT2D eigenvalue weighted by atomic mass is 35.5. The molecule has 0 aliphatic heterocycles. The van der Waals surface area contributed by atoms with E-state index in [9.17, 15) is 8.42 Å². The van der Waals surface area contributed by atoms with Gasteiger partial charge in [0.25, 0.3) is 0 Å². The summed E-state index contributed by atoms with van der Waals surface area (Å²) in [4.78, 5) is 0. The minimum atomic E-state index is -3.54. The zero-order valence-electron chi connectivity index (χ0n) is 12.6. The molecule has 0 aliphatic carbocycles. The fraction of sp³-hybridized carbons (Fsp3) is 0.600. The van der Waals surface area contributed by atoms with Gasteiger partial charge in [-0.25, -0.2) is 13.6 Å². The van der Waals surface area contributed by atoms with Crippen LogP contribution < -0.4 is 9.88 Å². The summed E-state index contributed by atoms with van der Waals surface area (Å²) >= 11 is 5.93. The van der Waals surface area contributed by atoms with E-state index in [0.717, 1.165) is 25.7 Å². The molecule has 1 aromatic carbocycles. The van der Waals surface area contributed by atoms with E-state index >= 15 is 0 Å². The second-order valence-corrected chi connectivity index (χ2v) is 7.60. The van der Waals surface area contributed by atoms with Gasteiger partial charge < -0.3 is 4.74 Å². The average Bonchev–Trinajstić information content (AvgIpc) is 2.35. The SMILES string of the molecule is CCCC(CCC)(COc1cccc(Cl)c1)CS(N)(=O)=O. The largest absolute Gasteiger partial charge is 0.493 e. The van der Waals surface area contributed by atoms with Crippen LogP contribution in [0.5, 0.6) is 5.75 Å². The van der Waals surface area contributed by atoms with E-state index in [4.69, 9.17) is 21.5 Å². The standard InChI is InChI=1S/C15H24ClNO3S/c1-3-8-15(9-4-2,12-21(17,18)19)11-20-14-7-5-6-13(16)10-14/h5-7,10H,3-4,8-9,11-12H2,1-2H3,(H2,17,18,19). The summed E-state index contributed by atoms with van der Waals surface area (Å²) in [5.41, 5.74) is -0.445. The minimum Gasteiger partial charge on any atom is -0.493 e. The van der Waals surface area contributed by atoms with Crippen molar-refractivity contribution in [2.75, 3.05) is 12.4 Å². The molecule has 0 unspecified atom stereocenters. The number of halogens is 1. The molecule has 0 spiro atoms. The highest BCUT2D eigenvalue weighted by Gasteiger charge is 2.33. The van der Waals surface area contributed by atoms with Gasteiger partial charge in [0, 0.05) is 10.4 Å². The van der Waals surface area contributed by atoms with Crippen LogP contribution in [0.2, 0.25) is 5.02 Å². The summed E-state index contributed by atoms with van der Waals surface area (Å²) in [5, 5.41) is 5.86. The molecule has 0 saturated heterocycles. The second-order valence-electron chi connectivity index (χ2n) is 5.55. The van der Waals surface area contributed by atoms with Crippen molar-refractivity contribution in [3.05, 3.63) is 29.3 Å². The third-order valence-electron chi connectivity index (χ3n) is 3.41. The van der Waals surface area contributed by atoms with Crippen LogP contribution in [-0.2, 0) is 10.0 Å². The quantitative estimate of drug-likeness (QED) is 0.750. The molecule has 0 aliphatic rings. The molecular weight excluding hydrogens is 310 g/mol. The van der Waals surface area contributed by atoms with Crippen molar-refractivity contribution >= 4 is 21.6 Å². The Kier molecular flexibility index (Phi) is 6.97. The third-order valence-corrected chi connectivity index (χ3v) is 4.66. The van der Waals surface area contributed by atoms with Crippen molar-refractivity contribution < 1.29 is 13.2 Å². The van der Waals surface area contributed by atoms with E-state index in [1.54, 1.807) is 18.2 Å². The maximum Gasteiger partial charge on any atom is 0.209 e. The van der Waals surface area contributed by atoms with Gasteiger partial charge in [-0.3, -0.25) is 0 Å². The first-order chi connectivity index (χ1) is 9.80. The number of hydrogen-bond acceptors (Lipinski definition) is 3. The van der Waals surface area contributed by atoms with E-state index in [1.165, 1.54) is 0 Å². The van der Waals surface area contributed by atoms with Crippen LogP contribution in [0.25, 0.3) is 0 Å². The van der Waals surface area contributed by atoms with E-state index in [2.05, 4.69) is 0 Å². The lowest BCUT2D eigenvalue weighted by atomic mass is 9.82. The van der Waals surface area contributed by atoms with Gasteiger partial charge in [0.05, 0.1) is 12.4 Å². The Labute approximate surface area is 132 Å². The molecule has 0 radical (unpaired) electrons. The highest BCUT2D eigenvalue weighted by Crippen LogP contribution is 2.32. The Morgan fingerprint density at radius 1 is 1.24 bits per heavy atom. The van der Waals surface area contributed by atoms with Crippen LogP contribution in [0.1, 0.15) is 39.5 Å². The molecule has 2 N–H and O–H groups in total. The molecule has 0 bridgehead atoms. The topological polar surface area (TPSA) is 69.4 Å². The number of nitrogens with two attached hydrogens (primary N) is 1. The Hall–Kier alpha value is -0.780. The summed E-state index contributed by atoms with van der Waals surface area (Å²) in [6.45, 7) is 4.39. The predicted octanol–water partition coefficient (Wildman–Crippen LogP) is 3.59. The molecule has 0 amide bonds. The molecule has 6 heteroatoms. The van der Waals surface area contributed by atoms with Gasteiger partial charge in [0.15, 0.2) is 0 Å². The number of ether oxygens (including phenoxy) is 1. The van der Waals surface area contributed by atoms with Gasteiger partial charge >= 0.3 is 0 Å². The Balaban J connectivity index is 2.89. The van der Waals surface area contributed by atoms with Gasteiger partial charge in [-0.05, 0) is 31.0 Å². The van der Waals surface area contributed by atoms with Crippen molar-refractivity contribution in [3.63, 3.8) is 0 Å². The molecule has 0 atom stereocenters. The minimum absolute atomic E-state index is 0.0533. The normalized spacial score (nSPS) is 12.4. The zero-order valence-corrected chi connectivity index (χ0v) is 14.2. The van der Waals surface area contributed by atoms with E-state index < -0.39 is 15.4 Å². The van der Waals surface area contributed by atoms with Crippen LogP contribution in [-0.4, -0.2) is 20.8 Å². The lowest BCUT2D eigenvalue weighted by molar-refractivity contribution is 0.141. The van der Waals surface area contributed by atoms with Crippen molar-refractivity contribution in [1.29, 1.82) is 0 Å². The molecular formula is C15H24ClNO3S. The van der Waals surface area contributed by atoms with E-state index in [-0.39, 0.29) is 5.75 Å². The summed E-state index contributed by atoms with van der Waals surface area (Å²) in [5.74, 6) is 0.593. The highest BCUT2D eigenvalue weighted by molar-refractivity contribution is 7.89. The van der Waals surface area contributed by atoms with Crippen molar-refractivity contribution in [3.8, 4) is 5.75 Å². The van der Waals surface area contributed by atoms with Gasteiger partial charge in [-0.2, -0.15) is 0 Å². The number of hydrogen-bond donors (Lipinski definition) is 1. The Bertz CT molecular complexity index is 540. The molecule has 0 saturated carbocycles. The summed E-state index contributed by atoms with van der Waals surface area (Å²) in [6.07, 6.45) is 3.29. The lowest BCUT2D eigenvalue weighted by Gasteiger charge is -2.32. The average molecular weight is 334 g/mol. The van der Waals surface area contributed by atoms with Gasteiger partial charge in [-0.15, -0.1) is 0 Å². The van der Waals surface area contributed by atoms with Gasteiger partial charge in [0.1, 0.15) is 5.75 Å². The first kappa shape index (κ1) is 18.3. The number of benzene rings is 1. The number of sulfonamides is 1. The van der Waals surface area contributed by atoms with E-state index in [0.29, 0.717) is 17.4 Å². The summed E-state index contributed by atoms with van der Waals surface area (Å²) in [7, 11) is -3.54. The van der Waals surface area contributed by atoms with Crippen molar-refractivity contribution in [2.45, 2.75) is 39.5 Å². The summed E-state index contributed by atoms with van der Waals surface area (Å²) in [6, 6.07) is 7.11. The monoisotopic (exact) mass is 333 g/mol. The van der Waals surface area contributed by atoms with Crippen LogP contribution >= 0.6 is 11.6 Å². The number of primary sulfonamides is 1. The molecule has 1 rings (SSSR count). The molecule has 21 heavy (non-hydrogen) atoms. The molecule has 1 aromatic rings. The Morgan fingerprint density at radius 3 is 2.33 bits per heavy atom. The second kappa shape index (κ2) is 8.01. The Morgan fingerprint density at radius 2 is 1.86 bits per heavy atom. The van der Waals surface area contributed by atoms with Crippen LogP contribution in [0.4, 0.5) is 0 Å². The van der Waals surface area contributed by atoms with E-state index in [1.807, 2.05) is 19.9 Å². The first-order valence-corrected chi connectivity index (χ1v) is 9.28. The first-order valence-electron chi connectivity index (χ1n) is 7.19. The fourth-order valence-electron chi connectivity index (χ4n) is 2.74. The molecule has 0 fully saturated rings. The lowest BCUT2D eigenvalue weighted by Crippen LogP contribution is -2.38. The van der Waals surface area contributed by atoms with Crippen LogP contribution in [0.3, 0.4) is 0 Å². The van der Waals surface area contributed by atoms with Gasteiger partial charge in [-0.1, -0.05) is 44.4 Å². The van der Waals surface area contributed by atoms with Crippen LogP contribution in [0.15, 0.2) is 24.3 Å². The smallest absolute Gasteiger partial charge is 0.209 e. The molecule has 4 nitrogen and oxygen atoms in total. The van der Waals surface area contributed by atoms with Crippen LogP contribution in [0, 0.1) is 5.41 Å². The molecule has 0 heterocycles. The fourth-order valence-corrected chi connectivity index (χ4v) is 4.14. The number of rotatable bonds is 9. The van der Waals surface area contributed by atoms with Crippen molar-refractivity contribution in [1.82, 2.24) is 0 Å². The molecule has 120 valence electrons. The van der Waals surface area contributed by atoms with Crippen molar-refractivity contribution in [2.24, 2.45) is 10.6 Å². The van der Waals surface area contributed by atoms with Gasteiger partial charge in [0.2, 0.25) is 10.0 Å². The zero-order chi connectivity index (χ0) is 15.9. The maximum absolute atomic E-state index is 11.6. The molecule has 0 aromatic heterocycles.